The lowest BCUT2D eigenvalue weighted by molar-refractivity contribution is 0.193. The van der Waals surface area contributed by atoms with Crippen LogP contribution in [0.15, 0.2) is 24.3 Å². The van der Waals surface area contributed by atoms with Crippen LogP contribution in [0.3, 0.4) is 0 Å². The highest BCUT2D eigenvalue weighted by Gasteiger charge is 2.39. The molecule has 1 fully saturated rings. The normalized spacial score (nSPS) is 21.8. The summed E-state index contributed by atoms with van der Waals surface area (Å²) in [4.78, 5) is 0. The molecule has 0 saturated heterocycles. The van der Waals surface area contributed by atoms with E-state index in [0.717, 1.165) is 31.2 Å². The molecule has 1 aliphatic rings. The van der Waals surface area contributed by atoms with Crippen molar-refractivity contribution in [2.45, 2.75) is 44.9 Å². The van der Waals surface area contributed by atoms with Crippen molar-refractivity contribution in [3.05, 3.63) is 35.6 Å². The molecule has 2 rings (SSSR count). The predicted molar refractivity (Wildman–Crippen MR) is 65.9 cm³/mol. The summed E-state index contributed by atoms with van der Waals surface area (Å²) in [6.45, 7) is 4.50. The molecule has 0 aliphatic heterocycles. The van der Waals surface area contributed by atoms with Gasteiger partial charge in [-0.2, -0.15) is 5.26 Å². The molecule has 0 spiro atoms. The van der Waals surface area contributed by atoms with E-state index in [9.17, 15) is 9.65 Å². The van der Waals surface area contributed by atoms with Crippen LogP contribution >= 0.6 is 0 Å². The van der Waals surface area contributed by atoms with Crippen LogP contribution in [0, 0.1) is 22.6 Å². The number of hydrogen-bond acceptors (Lipinski definition) is 1. The smallest absolute Gasteiger partial charge is 0.123 e. The monoisotopic (exact) mass is 231 g/mol. The van der Waals surface area contributed by atoms with Crippen molar-refractivity contribution in [2.24, 2.45) is 5.41 Å². The van der Waals surface area contributed by atoms with Crippen molar-refractivity contribution in [1.29, 1.82) is 5.26 Å². The number of hydrogen-bond donors (Lipinski definition) is 0. The molecule has 0 bridgehead atoms. The first-order valence-electron chi connectivity index (χ1n) is 6.15. The molecule has 2 heteroatoms. The second kappa shape index (κ2) is 4.14. The third-order valence-electron chi connectivity index (χ3n) is 4.07. The van der Waals surface area contributed by atoms with Crippen molar-refractivity contribution in [3.63, 3.8) is 0 Å². The number of nitriles is 1. The van der Waals surface area contributed by atoms with E-state index >= 15 is 0 Å². The minimum atomic E-state index is -0.400. The lowest BCUT2D eigenvalue weighted by atomic mass is 9.63. The van der Waals surface area contributed by atoms with E-state index in [1.807, 2.05) is 0 Å². The van der Waals surface area contributed by atoms with Crippen LogP contribution in [-0.4, -0.2) is 0 Å². The zero-order valence-electron chi connectivity index (χ0n) is 10.5. The molecule has 0 unspecified atom stereocenters. The second-order valence-corrected chi connectivity index (χ2v) is 5.87. The van der Waals surface area contributed by atoms with Crippen molar-refractivity contribution in [2.75, 3.05) is 0 Å². The third-order valence-corrected chi connectivity index (χ3v) is 4.07. The Labute approximate surface area is 102 Å². The van der Waals surface area contributed by atoms with Crippen LogP contribution in [0.25, 0.3) is 0 Å². The summed E-state index contributed by atoms with van der Waals surface area (Å²) in [6, 6.07) is 8.90. The summed E-state index contributed by atoms with van der Waals surface area (Å²) in [5.41, 5.74) is 0.903. The van der Waals surface area contributed by atoms with Gasteiger partial charge in [-0.1, -0.05) is 26.0 Å². The molecular weight excluding hydrogens is 213 g/mol. The molecule has 1 aromatic carbocycles. The number of nitrogens with zero attached hydrogens (tertiary/aromatic N) is 1. The first kappa shape index (κ1) is 12.1. The molecule has 0 amide bonds. The van der Waals surface area contributed by atoms with Gasteiger partial charge in [0.2, 0.25) is 0 Å². The van der Waals surface area contributed by atoms with Gasteiger partial charge in [-0.3, -0.25) is 0 Å². The number of rotatable bonds is 1. The average molecular weight is 231 g/mol. The highest BCUT2D eigenvalue weighted by Crippen LogP contribution is 2.46. The molecule has 0 atom stereocenters. The molecule has 0 N–H and O–H groups in total. The molecule has 1 saturated carbocycles. The Hall–Kier alpha value is -1.36. The van der Waals surface area contributed by atoms with Crippen molar-refractivity contribution >= 4 is 0 Å². The summed E-state index contributed by atoms with van der Waals surface area (Å²) in [6.07, 6.45) is 3.86. The Balaban J connectivity index is 2.28. The maximum atomic E-state index is 12.9. The van der Waals surface area contributed by atoms with E-state index in [4.69, 9.17) is 0 Å². The van der Waals surface area contributed by atoms with E-state index in [1.165, 1.54) is 12.1 Å². The van der Waals surface area contributed by atoms with Gasteiger partial charge in [-0.25, -0.2) is 4.39 Å². The largest absolute Gasteiger partial charge is 0.207 e. The summed E-state index contributed by atoms with van der Waals surface area (Å²) < 4.78 is 12.9. The topological polar surface area (TPSA) is 23.8 Å². The average Bonchev–Trinajstić information content (AvgIpc) is 2.31. The van der Waals surface area contributed by atoms with E-state index in [-0.39, 0.29) is 5.82 Å². The quantitative estimate of drug-likeness (QED) is 0.711. The van der Waals surface area contributed by atoms with Crippen LogP contribution in [0.1, 0.15) is 45.1 Å². The van der Waals surface area contributed by atoms with E-state index in [2.05, 4.69) is 19.9 Å². The molecule has 0 aromatic heterocycles. The fourth-order valence-corrected chi connectivity index (χ4v) is 2.59. The van der Waals surface area contributed by atoms with E-state index in [1.54, 1.807) is 12.1 Å². The summed E-state index contributed by atoms with van der Waals surface area (Å²) in [5, 5.41) is 9.49. The number of benzene rings is 1. The molecule has 1 aliphatic carbocycles. The van der Waals surface area contributed by atoms with Crippen LogP contribution in [0.5, 0.6) is 0 Å². The highest BCUT2D eigenvalue weighted by atomic mass is 19.1. The Kier molecular flexibility index (Phi) is 2.95. The van der Waals surface area contributed by atoms with Crippen LogP contribution in [0.4, 0.5) is 4.39 Å². The van der Waals surface area contributed by atoms with Crippen molar-refractivity contribution in [1.82, 2.24) is 0 Å². The van der Waals surface area contributed by atoms with Crippen LogP contribution in [-0.2, 0) is 5.41 Å². The van der Waals surface area contributed by atoms with E-state index in [0.29, 0.717) is 5.41 Å². The molecule has 1 aromatic rings. The van der Waals surface area contributed by atoms with Crippen LogP contribution < -0.4 is 0 Å². The summed E-state index contributed by atoms with van der Waals surface area (Å²) in [7, 11) is 0. The predicted octanol–water partition coefficient (Wildman–Crippen LogP) is 4.19. The van der Waals surface area contributed by atoms with Gasteiger partial charge in [0.25, 0.3) is 0 Å². The van der Waals surface area contributed by atoms with Crippen molar-refractivity contribution in [3.8, 4) is 6.07 Å². The lowest BCUT2D eigenvalue weighted by Gasteiger charge is -2.39. The lowest BCUT2D eigenvalue weighted by Crippen LogP contribution is -2.33. The molecule has 0 heterocycles. The molecule has 90 valence electrons. The first-order valence-corrected chi connectivity index (χ1v) is 6.15. The van der Waals surface area contributed by atoms with Gasteiger partial charge in [0.1, 0.15) is 5.82 Å². The molecular formula is C15H18FN. The van der Waals surface area contributed by atoms with Gasteiger partial charge in [0, 0.05) is 0 Å². The Morgan fingerprint density at radius 3 is 2.06 bits per heavy atom. The number of halogens is 1. The first-order chi connectivity index (χ1) is 7.97. The zero-order valence-corrected chi connectivity index (χ0v) is 10.5. The van der Waals surface area contributed by atoms with Gasteiger partial charge < -0.3 is 0 Å². The standard InChI is InChI=1S/C15H18FN/c1-14(2)7-9-15(11-17,10-8-14)12-3-5-13(16)6-4-12/h3-6H,7-10H2,1-2H3. The third kappa shape index (κ3) is 2.34. The van der Waals surface area contributed by atoms with Gasteiger partial charge >= 0.3 is 0 Å². The fourth-order valence-electron chi connectivity index (χ4n) is 2.59. The summed E-state index contributed by atoms with van der Waals surface area (Å²) >= 11 is 0. The molecule has 0 radical (unpaired) electrons. The SMILES string of the molecule is CC1(C)CCC(C#N)(c2ccc(F)cc2)CC1. The minimum absolute atomic E-state index is 0.238. The zero-order chi connectivity index (χ0) is 12.5. The van der Waals surface area contributed by atoms with Gasteiger partial charge in [-0.05, 0) is 48.8 Å². The van der Waals surface area contributed by atoms with Gasteiger partial charge in [0.15, 0.2) is 0 Å². The maximum Gasteiger partial charge on any atom is 0.123 e. The van der Waals surface area contributed by atoms with E-state index < -0.39 is 5.41 Å². The Bertz CT molecular complexity index is 429. The van der Waals surface area contributed by atoms with Crippen molar-refractivity contribution < 1.29 is 4.39 Å². The highest BCUT2D eigenvalue weighted by molar-refractivity contribution is 5.33. The molecule has 1 nitrogen and oxygen atoms in total. The van der Waals surface area contributed by atoms with Gasteiger partial charge in [-0.15, -0.1) is 0 Å². The fraction of sp³-hybridized carbons (Fsp3) is 0.533. The second-order valence-electron chi connectivity index (χ2n) is 5.87. The maximum absolute atomic E-state index is 12.9. The Morgan fingerprint density at radius 1 is 1.06 bits per heavy atom. The molecule has 17 heavy (non-hydrogen) atoms. The summed E-state index contributed by atoms with van der Waals surface area (Å²) in [5.74, 6) is -0.238. The van der Waals surface area contributed by atoms with Crippen LogP contribution in [0.2, 0.25) is 0 Å². The van der Waals surface area contributed by atoms with Gasteiger partial charge in [0.05, 0.1) is 11.5 Å². The minimum Gasteiger partial charge on any atom is -0.207 e. The Morgan fingerprint density at radius 2 is 1.59 bits per heavy atom.